The molecule has 1 aromatic rings. The van der Waals surface area contributed by atoms with E-state index in [9.17, 15) is 18.0 Å². The number of unbranched alkanes of at least 4 members (excludes halogenated alkanes) is 1. The summed E-state index contributed by atoms with van der Waals surface area (Å²) in [5, 5.41) is 3.89. The van der Waals surface area contributed by atoms with Gasteiger partial charge in [0, 0.05) is 13.0 Å². The summed E-state index contributed by atoms with van der Waals surface area (Å²) in [5.74, 6) is 0. The van der Waals surface area contributed by atoms with Crippen LogP contribution in [0.2, 0.25) is 0 Å². The number of oxime groups is 1. The number of alkyl halides is 3. The topological polar surface area (TPSA) is 64.7 Å². The minimum absolute atomic E-state index is 0.220. The van der Waals surface area contributed by atoms with Gasteiger partial charge < -0.3 is 15.4 Å². The molecule has 7 heteroatoms. The third-order valence-electron chi connectivity index (χ3n) is 2.66. The average molecular weight is 302 g/mol. The number of rotatable bonds is 8. The Labute approximate surface area is 120 Å². The van der Waals surface area contributed by atoms with E-state index in [4.69, 9.17) is 10.6 Å². The molecule has 2 N–H and O–H groups in total. The van der Waals surface area contributed by atoms with Gasteiger partial charge in [0.2, 0.25) is 0 Å². The van der Waals surface area contributed by atoms with Crippen LogP contribution in [-0.4, -0.2) is 25.1 Å². The van der Waals surface area contributed by atoms with Crippen LogP contribution in [0.4, 0.5) is 13.2 Å². The molecule has 0 amide bonds. The first-order valence-electron chi connectivity index (χ1n) is 6.49. The number of carbonyl (C=O) groups is 1. The summed E-state index contributed by atoms with van der Waals surface area (Å²) >= 11 is 0. The van der Waals surface area contributed by atoms with Gasteiger partial charge in [-0.3, -0.25) is 0 Å². The molecule has 0 saturated heterocycles. The van der Waals surface area contributed by atoms with Gasteiger partial charge in [0.05, 0.1) is 11.3 Å². The predicted molar refractivity (Wildman–Crippen MR) is 72.9 cm³/mol. The molecule has 4 nitrogen and oxygen atoms in total. The van der Waals surface area contributed by atoms with Crippen LogP contribution in [0.3, 0.4) is 0 Å². The second kappa shape index (κ2) is 8.41. The molecular formula is C14H17F3N2O2. The first-order valence-corrected chi connectivity index (χ1v) is 6.49. The van der Waals surface area contributed by atoms with Crippen molar-refractivity contribution in [3.05, 3.63) is 35.4 Å². The molecular weight excluding hydrogens is 285 g/mol. The fourth-order valence-corrected chi connectivity index (χ4v) is 1.62. The molecule has 0 unspecified atom stereocenters. The lowest BCUT2D eigenvalue weighted by molar-refractivity contribution is -0.137. The highest BCUT2D eigenvalue weighted by Gasteiger charge is 2.30. The largest absolute Gasteiger partial charge is 0.416 e. The van der Waals surface area contributed by atoms with Gasteiger partial charge in [-0.05, 0) is 30.5 Å². The summed E-state index contributed by atoms with van der Waals surface area (Å²) in [6, 6.07) is 4.67. The molecule has 0 radical (unpaired) electrons. The molecule has 0 atom stereocenters. The van der Waals surface area contributed by atoms with Gasteiger partial charge in [-0.2, -0.15) is 13.2 Å². The molecule has 116 valence electrons. The fraction of sp³-hybridized carbons (Fsp3) is 0.429. The molecule has 0 fully saturated rings. The summed E-state index contributed by atoms with van der Waals surface area (Å²) in [4.78, 5) is 15.3. The summed E-state index contributed by atoms with van der Waals surface area (Å²) in [6.45, 7) is 0.510. The maximum absolute atomic E-state index is 12.5. The molecule has 1 aromatic carbocycles. The summed E-state index contributed by atoms with van der Waals surface area (Å²) in [5.41, 5.74) is 5.59. The van der Waals surface area contributed by atoms with Crippen molar-refractivity contribution in [2.45, 2.75) is 25.4 Å². The van der Waals surface area contributed by atoms with Gasteiger partial charge in [0.15, 0.2) is 0 Å². The van der Waals surface area contributed by atoms with Crippen molar-refractivity contribution in [3.63, 3.8) is 0 Å². The standard InChI is InChI=1S/C14H17F3N2O2/c15-14(16,17)12-6-4-11(5-7-12)13(3-1-2-9-20)19-21-10-8-18/h4-7,9H,1-3,8,10,18H2. The Morgan fingerprint density at radius 2 is 1.95 bits per heavy atom. The van der Waals surface area contributed by atoms with E-state index in [2.05, 4.69) is 5.16 Å². The van der Waals surface area contributed by atoms with E-state index in [0.29, 0.717) is 30.5 Å². The molecule has 0 aliphatic carbocycles. The van der Waals surface area contributed by atoms with Crippen molar-refractivity contribution < 1.29 is 22.8 Å². The van der Waals surface area contributed by atoms with Gasteiger partial charge in [-0.25, -0.2) is 0 Å². The van der Waals surface area contributed by atoms with E-state index in [-0.39, 0.29) is 13.2 Å². The van der Waals surface area contributed by atoms with Crippen molar-refractivity contribution in [1.82, 2.24) is 0 Å². The van der Waals surface area contributed by atoms with Gasteiger partial charge in [-0.15, -0.1) is 0 Å². The third kappa shape index (κ3) is 5.95. The van der Waals surface area contributed by atoms with Crippen molar-refractivity contribution >= 4 is 12.0 Å². The van der Waals surface area contributed by atoms with E-state index in [0.717, 1.165) is 18.4 Å². The molecule has 0 aliphatic rings. The summed E-state index contributed by atoms with van der Waals surface area (Å²) < 4.78 is 37.5. The summed E-state index contributed by atoms with van der Waals surface area (Å²) in [7, 11) is 0. The molecule has 0 aromatic heterocycles. The number of aldehydes is 1. The Bertz CT molecular complexity index is 470. The molecule has 0 saturated carbocycles. The maximum atomic E-state index is 12.5. The zero-order valence-electron chi connectivity index (χ0n) is 11.4. The van der Waals surface area contributed by atoms with Crippen molar-refractivity contribution in [2.75, 3.05) is 13.2 Å². The van der Waals surface area contributed by atoms with Crippen LogP contribution in [-0.2, 0) is 15.8 Å². The SMILES string of the molecule is NCCON=C(CCCC=O)c1ccc(C(F)(F)F)cc1. The highest BCUT2D eigenvalue weighted by atomic mass is 19.4. The van der Waals surface area contributed by atoms with Gasteiger partial charge in [0.1, 0.15) is 12.9 Å². The summed E-state index contributed by atoms with van der Waals surface area (Å²) in [6.07, 6.45) is -2.24. The Balaban J connectivity index is 2.86. The Morgan fingerprint density at radius 1 is 1.29 bits per heavy atom. The highest BCUT2D eigenvalue weighted by molar-refractivity contribution is 6.00. The van der Waals surface area contributed by atoms with Crippen LogP contribution >= 0.6 is 0 Å². The van der Waals surface area contributed by atoms with E-state index >= 15 is 0 Å². The van der Waals surface area contributed by atoms with Gasteiger partial charge in [0.25, 0.3) is 0 Å². The second-order valence-corrected chi connectivity index (χ2v) is 4.29. The maximum Gasteiger partial charge on any atom is 0.416 e. The number of hydrogen-bond acceptors (Lipinski definition) is 4. The predicted octanol–water partition coefficient (Wildman–Crippen LogP) is 2.75. The molecule has 0 spiro atoms. The first kappa shape index (κ1) is 17.2. The zero-order valence-corrected chi connectivity index (χ0v) is 11.4. The molecule has 0 bridgehead atoms. The van der Waals surface area contributed by atoms with Crippen LogP contribution in [0, 0.1) is 0 Å². The molecule has 0 aliphatic heterocycles. The van der Waals surface area contributed by atoms with E-state index < -0.39 is 11.7 Å². The van der Waals surface area contributed by atoms with Crippen LogP contribution in [0.15, 0.2) is 29.4 Å². The number of hydrogen-bond donors (Lipinski definition) is 1. The quantitative estimate of drug-likeness (QED) is 0.347. The lowest BCUT2D eigenvalue weighted by Crippen LogP contribution is -2.09. The van der Waals surface area contributed by atoms with Crippen molar-refractivity contribution in [2.24, 2.45) is 10.9 Å². The lowest BCUT2D eigenvalue weighted by Gasteiger charge is -2.09. The number of nitrogens with two attached hydrogens (primary N) is 1. The Hall–Kier alpha value is -1.89. The number of halogens is 3. The molecule has 0 heterocycles. The number of benzene rings is 1. The van der Waals surface area contributed by atoms with Gasteiger partial charge >= 0.3 is 6.18 Å². The minimum Gasteiger partial charge on any atom is -0.394 e. The van der Waals surface area contributed by atoms with E-state index in [1.807, 2.05) is 0 Å². The Kier molecular flexibility index (Phi) is 6.87. The third-order valence-corrected chi connectivity index (χ3v) is 2.66. The first-order chi connectivity index (χ1) is 9.99. The smallest absolute Gasteiger partial charge is 0.394 e. The van der Waals surface area contributed by atoms with Gasteiger partial charge in [-0.1, -0.05) is 17.3 Å². The van der Waals surface area contributed by atoms with Crippen molar-refractivity contribution in [3.8, 4) is 0 Å². The van der Waals surface area contributed by atoms with Crippen LogP contribution in [0.25, 0.3) is 0 Å². The minimum atomic E-state index is -4.37. The normalized spacial score (nSPS) is 12.3. The van der Waals surface area contributed by atoms with Crippen LogP contribution < -0.4 is 5.73 Å². The fourth-order valence-electron chi connectivity index (χ4n) is 1.62. The molecule has 1 rings (SSSR count). The Morgan fingerprint density at radius 3 is 2.48 bits per heavy atom. The highest BCUT2D eigenvalue weighted by Crippen LogP contribution is 2.29. The van der Waals surface area contributed by atoms with Crippen LogP contribution in [0.5, 0.6) is 0 Å². The monoisotopic (exact) mass is 302 g/mol. The van der Waals surface area contributed by atoms with E-state index in [1.165, 1.54) is 12.1 Å². The zero-order chi connectivity index (χ0) is 15.7. The molecule has 21 heavy (non-hydrogen) atoms. The lowest BCUT2D eigenvalue weighted by atomic mass is 10.0. The second-order valence-electron chi connectivity index (χ2n) is 4.29. The van der Waals surface area contributed by atoms with E-state index in [1.54, 1.807) is 0 Å². The average Bonchev–Trinajstić information content (AvgIpc) is 2.45. The number of carbonyl (C=O) groups excluding carboxylic acids is 1. The van der Waals surface area contributed by atoms with Crippen LogP contribution in [0.1, 0.15) is 30.4 Å². The number of nitrogens with zero attached hydrogens (tertiary/aromatic N) is 1. The van der Waals surface area contributed by atoms with Crippen molar-refractivity contribution in [1.29, 1.82) is 0 Å².